The van der Waals surface area contributed by atoms with E-state index in [-0.39, 0.29) is 18.1 Å². The second-order valence-corrected chi connectivity index (χ2v) is 9.02. The molecule has 1 amide bonds. The van der Waals surface area contributed by atoms with Crippen LogP contribution in [0.3, 0.4) is 0 Å². The molecule has 1 rings (SSSR count). The van der Waals surface area contributed by atoms with Gasteiger partial charge in [-0.2, -0.15) is 0 Å². The summed E-state index contributed by atoms with van der Waals surface area (Å²) in [5.41, 5.74) is 0.760. The number of hydrogen-bond donors (Lipinski definition) is 3. The Balaban J connectivity index is 2.00. The number of phenols is 1. The number of aliphatic carboxylic acids is 1. The molecule has 5 nitrogen and oxygen atoms in total. The van der Waals surface area contributed by atoms with Crippen molar-refractivity contribution in [1.29, 1.82) is 0 Å². The molecule has 0 aliphatic heterocycles. The highest BCUT2D eigenvalue weighted by Gasteiger charge is 2.20. The number of allylic oxidation sites excluding steroid dienone is 4. The second-order valence-electron chi connectivity index (χ2n) is 9.02. The molecule has 0 saturated heterocycles. The lowest BCUT2D eigenvalue weighted by molar-refractivity contribution is -0.141. The highest BCUT2D eigenvalue weighted by atomic mass is 16.4. The average Bonchev–Trinajstić information content (AvgIpc) is 2.82. The van der Waals surface area contributed by atoms with Gasteiger partial charge in [-0.25, -0.2) is 4.79 Å². The zero-order valence-electron chi connectivity index (χ0n) is 21.0. The van der Waals surface area contributed by atoms with Crippen LogP contribution in [0.15, 0.2) is 48.6 Å². The summed E-state index contributed by atoms with van der Waals surface area (Å²) in [5, 5.41) is 21.3. The summed E-state index contributed by atoms with van der Waals surface area (Å²) in [5.74, 6) is -1.13. The molecule has 1 aromatic rings. The molecule has 0 unspecified atom stereocenters. The Morgan fingerprint density at radius 3 is 1.97 bits per heavy atom. The highest BCUT2D eigenvalue weighted by Crippen LogP contribution is 2.13. The number of carbonyl (C=O) groups is 2. The number of rotatable bonds is 20. The number of phenolic OH excluding ortho intramolecular Hbond substituents is 1. The van der Waals surface area contributed by atoms with Crippen LogP contribution < -0.4 is 5.32 Å². The van der Waals surface area contributed by atoms with Crippen molar-refractivity contribution in [2.75, 3.05) is 0 Å². The Morgan fingerprint density at radius 2 is 1.38 bits per heavy atom. The van der Waals surface area contributed by atoms with Crippen LogP contribution in [0.1, 0.15) is 102 Å². The molecule has 0 saturated carbocycles. The summed E-state index contributed by atoms with van der Waals surface area (Å²) in [6.45, 7) is 2.23. The number of unbranched alkanes of at least 4 members (excludes halogenated alkanes) is 10. The largest absolute Gasteiger partial charge is 0.508 e. The van der Waals surface area contributed by atoms with Gasteiger partial charge in [0.1, 0.15) is 11.8 Å². The van der Waals surface area contributed by atoms with E-state index in [1.807, 2.05) is 0 Å². The van der Waals surface area contributed by atoms with E-state index in [1.165, 1.54) is 63.5 Å². The Morgan fingerprint density at radius 1 is 0.824 bits per heavy atom. The van der Waals surface area contributed by atoms with Crippen molar-refractivity contribution < 1.29 is 19.8 Å². The molecule has 0 aliphatic rings. The Hall–Kier alpha value is -2.56. The van der Waals surface area contributed by atoms with Gasteiger partial charge in [0.2, 0.25) is 5.91 Å². The van der Waals surface area contributed by atoms with E-state index >= 15 is 0 Å². The average molecular weight is 472 g/mol. The molecule has 0 aromatic heterocycles. The van der Waals surface area contributed by atoms with Gasteiger partial charge in [-0.05, 0) is 56.2 Å². The fourth-order valence-electron chi connectivity index (χ4n) is 3.78. The second kappa shape index (κ2) is 19.9. The number of aromatic hydroxyl groups is 1. The van der Waals surface area contributed by atoms with Crippen LogP contribution in [0.25, 0.3) is 0 Å². The third-order valence-corrected chi connectivity index (χ3v) is 5.86. The SMILES string of the molecule is CCCCC/C=C\C/C=C\CCCCCCCCCC(=O)N[C@@H](Cc1ccc(O)cc1)C(=O)O. The number of nitrogens with one attached hydrogen (secondary N) is 1. The molecule has 1 aromatic carbocycles. The van der Waals surface area contributed by atoms with Crippen molar-refractivity contribution in [2.45, 2.75) is 109 Å². The summed E-state index contributed by atoms with van der Waals surface area (Å²) in [6.07, 6.45) is 24.8. The quantitative estimate of drug-likeness (QED) is 0.140. The van der Waals surface area contributed by atoms with E-state index in [0.29, 0.717) is 6.42 Å². The lowest BCUT2D eigenvalue weighted by Crippen LogP contribution is -2.42. The van der Waals surface area contributed by atoms with Crippen molar-refractivity contribution in [3.8, 4) is 5.75 Å². The van der Waals surface area contributed by atoms with Crippen molar-refractivity contribution in [3.05, 3.63) is 54.1 Å². The van der Waals surface area contributed by atoms with Gasteiger partial charge in [0.15, 0.2) is 0 Å². The standard InChI is InChI=1S/C29H45NO4/c1-2-3-4-5-6-7-8-9-10-11-12-13-14-15-16-17-18-19-28(32)30-27(29(33)34)24-25-20-22-26(31)23-21-25/h6-7,9-10,20-23,27,31H,2-5,8,11-19,24H2,1H3,(H,30,32)(H,33,34)/b7-6-,10-9-/t27-/m0/s1. The van der Waals surface area contributed by atoms with E-state index < -0.39 is 12.0 Å². The van der Waals surface area contributed by atoms with Gasteiger partial charge in [0, 0.05) is 12.8 Å². The fourth-order valence-corrected chi connectivity index (χ4v) is 3.78. The normalized spacial score (nSPS) is 12.4. The molecule has 0 radical (unpaired) electrons. The zero-order chi connectivity index (χ0) is 24.9. The lowest BCUT2D eigenvalue weighted by atomic mass is 10.0. The number of carbonyl (C=O) groups excluding carboxylic acids is 1. The molecule has 34 heavy (non-hydrogen) atoms. The highest BCUT2D eigenvalue weighted by molar-refractivity contribution is 5.83. The van der Waals surface area contributed by atoms with E-state index in [9.17, 15) is 19.8 Å². The summed E-state index contributed by atoms with van der Waals surface area (Å²) < 4.78 is 0. The maximum atomic E-state index is 12.1. The van der Waals surface area contributed by atoms with Gasteiger partial charge in [-0.1, -0.05) is 88.3 Å². The summed E-state index contributed by atoms with van der Waals surface area (Å²) in [7, 11) is 0. The molecular weight excluding hydrogens is 426 g/mol. The predicted octanol–water partition coefficient (Wildman–Crippen LogP) is 7.10. The van der Waals surface area contributed by atoms with Crippen molar-refractivity contribution in [3.63, 3.8) is 0 Å². The minimum Gasteiger partial charge on any atom is -0.508 e. The molecule has 0 spiro atoms. The van der Waals surface area contributed by atoms with Crippen LogP contribution in [0, 0.1) is 0 Å². The van der Waals surface area contributed by atoms with Crippen LogP contribution >= 0.6 is 0 Å². The van der Waals surface area contributed by atoms with Crippen LogP contribution in [-0.4, -0.2) is 28.1 Å². The fraction of sp³-hybridized carbons (Fsp3) is 0.586. The summed E-state index contributed by atoms with van der Waals surface area (Å²) >= 11 is 0. The van der Waals surface area contributed by atoms with Gasteiger partial charge < -0.3 is 15.5 Å². The Labute approximate surface area is 206 Å². The topological polar surface area (TPSA) is 86.6 Å². The van der Waals surface area contributed by atoms with Crippen LogP contribution in [0.5, 0.6) is 5.75 Å². The summed E-state index contributed by atoms with van der Waals surface area (Å²) in [6, 6.07) is 5.42. The third kappa shape index (κ3) is 16.1. The molecule has 0 bridgehead atoms. The van der Waals surface area contributed by atoms with Crippen LogP contribution in [0.4, 0.5) is 0 Å². The Bertz CT molecular complexity index is 724. The van der Waals surface area contributed by atoms with Gasteiger partial charge in [0.25, 0.3) is 0 Å². The Kier molecular flexibility index (Phi) is 17.2. The van der Waals surface area contributed by atoms with E-state index in [1.54, 1.807) is 12.1 Å². The number of carboxylic acids is 1. The van der Waals surface area contributed by atoms with Crippen molar-refractivity contribution >= 4 is 11.9 Å². The number of benzene rings is 1. The number of hydrogen-bond acceptors (Lipinski definition) is 3. The van der Waals surface area contributed by atoms with E-state index in [0.717, 1.165) is 37.7 Å². The molecule has 5 heteroatoms. The minimum atomic E-state index is -1.05. The first kappa shape index (κ1) is 29.5. The first-order chi connectivity index (χ1) is 16.5. The maximum Gasteiger partial charge on any atom is 0.326 e. The molecular formula is C29H45NO4. The smallest absolute Gasteiger partial charge is 0.326 e. The van der Waals surface area contributed by atoms with Gasteiger partial charge in [-0.3, -0.25) is 4.79 Å². The van der Waals surface area contributed by atoms with Crippen molar-refractivity contribution in [1.82, 2.24) is 5.32 Å². The zero-order valence-corrected chi connectivity index (χ0v) is 21.0. The summed E-state index contributed by atoms with van der Waals surface area (Å²) in [4.78, 5) is 23.6. The lowest BCUT2D eigenvalue weighted by Gasteiger charge is -2.14. The van der Waals surface area contributed by atoms with Crippen molar-refractivity contribution in [2.24, 2.45) is 0 Å². The first-order valence-corrected chi connectivity index (χ1v) is 13.1. The molecule has 0 aliphatic carbocycles. The van der Waals surface area contributed by atoms with E-state index in [2.05, 4.69) is 36.5 Å². The molecule has 190 valence electrons. The maximum absolute atomic E-state index is 12.1. The van der Waals surface area contributed by atoms with Gasteiger partial charge in [-0.15, -0.1) is 0 Å². The van der Waals surface area contributed by atoms with Gasteiger partial charge in [0.05, 0.1) is 0 Å². The molecule has 0 heterocycles. The first-order valence-electron chi connectivity index (χ1n) is 13.1. The van der Waals surface area contributed by atoms with E-state index in [4.69, 9.17) is 0 Å². The van der Waals surface area contributed by atoms with Gasteiger partial charge >= 0.3 is 5.97 Å². The molecule has 1 atom stereocenters. The molecule has 0 fully saturated rings. The monoisotopic (exact) mass is 471 g/mol. The van der Waals surface area contributed by atoms with Crippen LogP contribution in [-0.2, 0) is 16.0 Å². The number of amides is 1. The molecule has 3 N–H and O–H groups in total. The third-order valence-electron chi connectivity index (χ3n) is 5.86. The van der Waals surface area contributed by atoms with Crippen LogP contribution in [0.2, 0.25) is 0 Å². The number of carboxylic acid groups (broad SMARTS) is 1. The predicted molar refractivity (Wildman–Crippen MR) is 140 cm³/mol. The minimum absolute atomic E-state index is 0.132.